The molecule has 3 aromatic carbocycles. The van der Waals surface area contributed by atoms with Crippen molar-refractivity contribution >= 4 is 23.5 Å². The average molecular weight is 374 g/mol. The van der Waals surface area contributed by atoms with E-state index in [0.29, 0.717) is 17.1 Å². The number of amidine groups is 1. The van der Waals surface area contributed by atoms with E-state index in [0.717, 1.165) is 5.56 Å². The van der Waals surface area contributed by atoms with Gasteiger partial charge in [0.1, 0.15) is 23.2 Å². The summed E-state index contributed by atoms with van der Waals surface area (Å²) in [7, 11) is 0. The lowest BCUT2D eigenvalue weighted by molar-refractivity contribution is -0.113. The van der Waals surface area contributed by atoms with E-state index >= 15 is 0 Å². The smallest absolute Gasteiger partial charge is 0.266 e. The van der Waals surface area contributed by atoms with Gasteiger partial charge in [-0.15, -0.1) is 0 Å². The maximum Gasteiger partial charge on any atom is 0.282 e. The standard InChI is InChI=1S/C23H16F2N2O/c1-15-6-12-19(13-7-15)27-22(16-8-10-18(24)11-9-16)26-21(23(27)28)14-17-4-2-3-5-20(17)25/h2-14H,1H3/b21-14+. The van der Waals surface area contributed by atoms with Gasteiger partial charge in [-0.3, -0.25) is 9.69 Å². The number of hydrogen-bond acceptors (Lipinski definition) is 2. The fourth-order valence-electron chi connectivity index (χ4n) is 2.98. The Balaban J connectivity index is 1.84. The van der Waals surface area contributed by atoms with Crippen LogP contribution in [-0.2, 0) is 4.79 Å². The van der Waals surface area contributed by atoms with Crippen LogP contribution in [0.1, 0.15) is 16.7 Å². The number of carbonyl (C=O) groups is 1. The Hall–Kier alpha value is -3.60. The van der Waals surface area contributed by atoms with E-state index in [1.165, 1.54) is 29.2 Å². The molecule has 0 fully saturated rings. The molecular weight excluding hydrogens is 358 g/mol. The summed E-state index contributed by atoms with van der Waals surface area (Å²) in [6.07, 6.45) is 1.43. The summed E-state index contributed by atoms with van der Waals surface area (Å²) in [6.45, 7) is 1.95. The Morgan fingerprint density at radius 3 is 2.25 bits per heavy atom. The van der Waals surface area contributed by atoms with Crippen LogP contribution in [0.3, 0.4) is 0 Å². The summed E-state index contributed by atoms with van der Waals surface area (Å²) in [5.41, 5.74) is 2.67. The number of hydrogen-bond donors (Lipinski definition) is 0. The second-order valence-electron chi connectivity index (χ2n) is 6.47. The van der Waals surface area contributed by atoms with Crippen LogP contribution in [0.2, 0.25) is 0 Å². The van der Waals surface area contributed by atoms with E-state index in [4.69, 9.17) is 0 Å². The molecule has 3 nitrogen and oxygen atoms in total. The van der Waals surface area contributed by atoms with E-state index in [1.807, 2.05) is 31.2 Å². The molecule has 1 heterocycles. The largest absolute Gasteiger partial charge is 0.282 e. The van der Waals surface area contributed by atoms with Gasteiger partial charge >= 0.3 is 0 Å². The third-order valence-electron chi connectivity index (χ3n) is 4.45. The Bertz CT molecular complexity index is 1100. The van der Waals surface area contributed by atoms with Crippen LogP contribution in [0.4, 0.5) is 14.5 Å². The Labute approximate surface area is 161 Å². The fraction of sp³-hybridized carbons (Fsp3) is 0.0435. The quantitative estimate of drug-likeness (QED) is 0.587. The second-order valence-corrected chi connectivity index (χ2v) is 6.47. The van der Waals surface area contributed by atoms with Crippen molar-refractivity contribution in [2.24, 2.45) is 4.99 Å². The zero-order valence-electron chi connectivity index (χ0n) is 15.1. The predicted molar refractivity (Wildman–Crippen MR) is 106 cm³/mol. The molecular formula is C23H16F2N2O. The van der Waals surface area contributed by atoms with Gasteiger partial charge in [0, 0.05) is 11.1 Å². The van der Waals surface area contributed by atoms with Gasteiger partial charge in [0.05, 0.1) is 5.69 Å². The maximum absolute atomic E-state index is 14.0. The molecule has 0 aliphatic carbocycles. The molecule has 0 saturated heterocycles. The second kappa shape index (κ2) is 7.19. The monoisotopic (exact) mass is 374 g/mol. The van der Waals surface area contributed by atoms with Crippen molar-refractivity contribution in [1.29, 1.82) is 0 Å². The van der Waals surface area contributed by atoms with Gasteiger partial charge in [-0.25, -0.2) is 13.8 Å². The number of aliphatic imine (C=N–C) groups is 1. The molecule has 3 aromatic rings. The van der Waals surface area contributed by atoms with E-state index in [2.05, 4.69) is 4.99 Å². The first-order chi connectivity index (χ1) is 13.5. The first-order valence-electron chi connectivity index (χ1n) is 8.75. The third kappa shape index (κ3) is 3.34. The minimum atomic E-state index is -0.435. The number of rotatable bonds is 3. The SMILES string of the molecule is Cc1ccc(N2C(=O)/C(=C\c3ccccc3F)N=C2c2ccc(F)cc2)cc1. The highest BCUT2D eigenvalue weighted by Gasteiger charge is 2.32. The fourth-order valence-corrected chi connectivity index (χ4v) is 2.98. The average Bonchev–Trinajstić information content (AvgIpc) is 3.01. The number of carbonyl (C=O) groups excluding carboxylic acids is 1. The molecule has 0 spiro atoms. The maximum atomic E-state index is 14.0. The molecule has 0 N–H and O–H groups in total. The number of amides is 1. The lowest BCUT2D eigenvalue weighted by Crippen LogP contribution is -2.32. The van der Waals surface area contributed by atoms with Crippen LogP contribution in [0.5, 0.6) is 0 Å². The number of benzene rings is 3. The van der Waals surface area contributed by atoms with Gasteiger partial charge in [-0.05, 0) is 55.5 Å². The number of anilines is 1. The number of nitrogens with zero attached hydrogens (tertiary/aromatic N) is 2. The van der Waals surface area contributed by atoms with E-state index in [1.54, 1.807) is 30.3 Å². The molecule has 1 aliphatic rings. The van der Waals surface area contributed by atoms with Crippen LogP contribution < -0.4 is 4.90 Å². The van der Waals surface area contributed by atoms with Crippen molar-refractivity contribution in [3.05, 3.63) is 107 Å². The molecule has 5 heteroatoms. The van der Waals surface area contributed by atoms with Crippen LogP contribution in [0.15, 0.2) is 83.5 Å². The van der Waals surface area contributed by atoms with Gasteiger partial charge in [0.2, 0.25) is 0 Å². The van der Waals surface area contributed by atoms with Gasteiger partial charge in [-0.2, -0.15) is 0 Å². The molecule has 0 unspecified atom stereocenters. The molecule has 0 atom stereocenters. The number of aryl methyl sites for hydroxylation is 1. The van der Waals surface area contributed by atoms with Crippen molar-refractivity contribution in [3.63, 3.8) is 0 Å². The topological polar surface area (TPSA) is 32.7 Å². The summed E-state index contributed by atoms with van der Waals surface area (Å²) in [4.78, 5) is 19.0. The summed E-state index contributed by atoms with van der Waals surface area (Å²) >= 11 is 0. The Morgan fingerprint density at radius 2 is 1.57 bits per heavy atom. The van der Waals surface area contributed by atoms with E-state index < -0.39 is 5.82 Å². The van der Waals surface area contributed by atoms with Crippen molar-refractivity contribution in [3.8, 4) is 0 Å². The van der Waals surface area contributed by atoms with Crippen molar-refractivity contribution < 1.29 is 13.6 Å². The molecule has 1 amide bonds. The van der Waals surface area contributed by atoms with Gasteiger partial charge in [0.15, 0.2) is 0 Å². The van der Waals surface area contributed by atoms with Crippen LogP contribution in [0.25, 0.3) is 6.08 Å². The Morgan fingerprint density at radius 1 is 0.893 bits per heavy atom. The molecule has 4 rings (SSSR count). The minimum Gasteiger partial charge on any atom is -0.266 e. The highest BCUT2D eigenvalue weighted by molar-refractivity contribution is 6.33. The zero-order chi connectivity index (χ0) is 19.7. The van der Waals surface area contributed by atoms with E-state index in [9.17, 15) is 13.6 Å². The van der Waals surface area contributed by atoms with Crippen LogP contribution in [0, 0.1) is 18.6 Å². The number of halogens is 2. The van der Waals surface area contributed by atoms with Crippen molar-refractivity contribution in [2.45, 2.75) is 6.92 Å². The molecule has 0 aromatic heterocycles. The van der Waals surface area contributed by atoms with Gasteiger partial charge < -0.3 is 0 Å². The summed E-state index contributed by atoms with van der Waals surface area (Å²) in [6, 6.07) is 19.4. The first kappa shape index (κ1) is 17.8. The molecule has 138 valence electrons. The summed E-state index contributed by atoms with van der Waals surface area (Å²) < 4.78 is 27.4. The molecule has 28 heavy (non-hydrogen) atoms. The lowest BCUT2D eigenvalue weighted by atomic mass is 10.1. The summed E-state index contributed by atoms with van der Waals surface area (Å²) in [5, 5.41) is 0. The normalized spacial score (nSPS) is 15.2. The molecule has 0 radical (unpaired) electrons. The van der Waals surface area contributed by atoms with Crippen LogP contribution in [-0.4, -0.2) is 11.7 Å². The van der Waals surface area contributed by atoms with Gasteiger partial charge in [0.25, 0.3) is 5.91 Å². The highest BCUT2D eigenvalue weighted by atomic mass is 19.1. The van der Waals surface area contributed by atoms with Crippen LogP contribution >= 0.6 is 0 Å². The highest BCUT2D eigenvalue weighted by Crippen LogP contribution is 2.28. The predicted octanol–water partition coefficient (Wildman–Crippen LogP) is 5.11. The zero-order valence-corrected chi connectivity index (χ0v) is 15.1. The van der Waals surface area contributed by atoms with Crippen molar-refractivity contribution in [2.75, 3.05) is 4.90 Å². The minimum absolute atomic E-state index is 0.116. The van der Waals surface area contributed by atoms with Crippen molar-refractivity contribution in [1.82, 2.24) is 0 Å². The summed E-state index contributed by atoms with van der Waals surface area (Å²) in [5.74, 6) is -0.810. The lowest BCUT2D eigenvalue weighted by Gasteiger charge is -2.18. The third-order valence-corrected chi connectivity index (χ3v) is 4.45. The molecule has 0 saturated carbocycles. The molecule has 1 aliphatic heterocycles. The van der Waals surface area contributed by atoms with Gasteiger partial charge in [-0.1, -0.05) is 35.9 Å². The van der Waals surface area contributed by atoms with E-state index in [-0.39, 0.29) is 23.0 Å². The Kier molecular flexibility index (Phi) is 4.57. The molecule has 0 bridgehead atoms. The first-order valence-corrected chi connectivity index (χ1v) is 8.75.